The Bertz CT molecular complexity index is 989. The van der Waals surface area contributed by atoms with Crippen LogP contribution in [0.25, 0.3) is 11.1 Å². The number of amides is 1. The molecule has 0 bridgehead atoms. The number of nitrogens with one attached hydrogen (secondary N) is 1. The topological polar surface area (TPSA) is 82.3 Å². The number of hydrogen-bond acceptors (Lipinski definition) is 4. The molecule has 2 aromatic rings. The van der Waals surface area contributed by atoms with E-state index in [-0.39, 0.29) is 28.7 Å². The summed E-state index contributed by atoms with van der Waals surface area (Å²) in [6, 6.07) is 6.43. The first-order chi connectivity index (χ1) is 13.7. The van der Waals surface area contributed by atoms with Gasteiger partial charge in [0.15, 0.2) is 5.57 Å². The molecule has 2 N–H and O–H groups in total. The largest absolute Gasteiger partial charge is 0.511 e. The lowest BCUT2D eigenvalue weighted by atomic mass is 10.0. The molecule has 0 aromatic heterocycles. The van der Waals surface area contributed by atoms with Crippen molar-refractivity contribution in [3.63, 3.8) is 0 Å². The number of nitrogens with zero attached hydrogens (tertiary/aromatic N) is 1. The van der Waals surface area contributed by atoms with Gasteiger partial charge in [0.05, 0.1) is 11.8 Å². The molecular weight excluding hydrogens is 385 g/mol. The van der Waals surface area contributed by atoms with Crippen LogP contribution in [-0.4, -0.2) is 17.1 Å². The van der Waals surface area contributed by atoms with Gasteiger partial charge in [-0.2, -0.15) is 5.26 Å². The second-order valence-corrected chi connectivity index (χ2v) is 6.35. The van der Waals surface area contributed by atoms with Gasteiger partial charge in [-0.1, -0.05) is 6.92 Å². The van der Waals surface area contributed by atoms with E-state index in [1.165, 1.54) is 12.1 Å². The van der Waals surface area contributed by atoms with Gasteiger partial charge < -0.3 is 15.2 Å². The molecule has 0 saturated carbocycles. The minimum Gasteiger partial charge on any atom is -0.511 e. The summed E-state index contributed by atoms with van der Waals surface area (Å²) in [5.41, 5.74) is -0.747. The van der Waals surface area contributed by atoms with Crippen LogP contribution in [0, 0.1) is 28.8 Å². The van der Waals surface area contributed by atoms with Gasteiger partial charge in [-0.25, -0.2) is 13.2 Å². The van der Waals surface area contributed by atoms with Crippen molar-refractivity contribution in [3.05, 3.63) is 59.1 Å². The first kappa shape index (κ1) is 21.8. The van der Waals surface area contributed by atoms with Crippen LogP contribution in [0.1, 0.15) is 27.2 Å². The van der Waals surface area contributed by atoms with Gasteiger partial charge >= 0.3 is 0 Å². The van der Waals surface area contributed by atoms with Crippen LogP contribution < -0.4 is 10.1 Å². The van der Waals surface area contributed by atoms with E-state index in [1.807, 2.05) is 6.92 Å². The van der Waals surface area contributed by atoms with Crippen molar-refractivity contribution in [2.75, 3.05) is 5.32 Å². The van der Waals surface area contributed by atoms with Crippen molar-refractivity contribution in [1.29, 1.82) is 5.26 Å². The zero-order valence-electron chi connectivity index (χ0n) is 16.0. The number of allylic oxidation sites excluding steroid dienone is 1. The highest BCUT2D eigenvalue weighted by molar-refractivity contribution is 6.07. The lowest BCUT2D eigenvalue weighted by molar-refractivity contribution is -0.112. The highest BCUT2D eigenvalue weighted by Crippen LogP contribution is 2.36. The summed E-state index contributed by atoms with van der Waals surface area (Å²) in [5.74, 6) is -4.03. The molecule has 0 radical (unpaired) electrons. The zero-order valence-corrected chi connectivity index (χ0v) is 16.0. The van der Waals surface area contributed by atoms with Crippen molar-refractivity contribution in [1.82, 2.24) is 0 Å². The Balaban J connectivity index is 2.57. The predicted molar refractivity (Wildman–Crippen MR) is 102 cm³/mol. The molecule has 0 aliphatic heterocycles. The zero-order chi connectivity index (χ0) is 21.7. The van der Waals surface area contributed by atoms with E-state index in [9.17, 15) is 23.1 Å². The lowest BCUT2D eigenvalue weighted by Gasteiger charge is -2.18. The van der Waals surface area contributed by atoms with Crippen molar-refractivity contribution in [2.45, 2.75) is 33.3 Å². The van der Waals surface area contributed by atoms with Crippen LogP contribution >= 0.6 is 0 Å². The minimum absolute atomic E-state index is 0.0568. The SMILES string of the molecule is CCC(C)Oc1cc(NC(=O)/C(C#N)=C(/C)O)c(F)cc1-c1cc(F)cc(F)c1. The molecule has 0 aliphatic carbocycles. The average Bonchev–Trinajstić information content (AvgIpc) is 2.63. The molecule has 29 heavy (non-hydrogen) atoms. The smallest absolute Gasteiger partial charge is 0.269 e. The van der Waals surface area contributed by atoms with Crippen LogP contribution in [0.15, 0.2) is 41.7 Å². The van der Waals surface area contributed by atoms with Gasteiger partial charge in [0.25, 0.3) is 5.91 Å². The Morgan fingerprint density at radius 2 is 1.83 bits per heavy atom. The standard InChI is InChI=1S/C21H19F3N2O3/c1-4-11(2)29-20-9-19(26-21(28)17(10-25)12(3)27)18(24)8-16(20)13-5-14(22)7-15(23)6-13/h5-9,11,27H,4H2,1-3H3,(H,26,28)/b17-12-. The maximum Gasteiger partial charge on any atom is 0.269 e. The molecule has 0 spiro atoms. The number of halogens is 3. The van der Waals surface area contributed by atoms with Gasteiger partial charge in [0.2, 0.25) is 0 Å². The Kier molecular flexibility index (Phi) is 6.89. The summed E-state index contributed by atoms with van der Waals surface area (Å²) in [7, 11) is 0. The Hall–Kier alpha value is -3.47. The van der Waals surface area contributed by atoms with E-state index in [2.05, 4.69) is 5.32 Å². The molecule has 1 amide bonds. The van der Waals surface area contributed by atoms with Gasteiger partial charge in [-0.3, -0.25) is 4.79 Å². The lowest BCUT2D eigenvalue weighted by Crippen LogP contribution is -2.17. The van der Waals surface area contributed by atoms with Crippen LogP contribution in [-0.2, 0) is 4.79 Å². The summed E-state index contributed by atoms with van der Waals surface area (Å²) >= 11 is 0. The minimum atomic E-state index is -1.01. The second kappa shape index (κ2) is 9.15. The van der Waals surface area contributed by atoms with Crippen molar-refractivity contribution < 1.29 is 27.8 Å². The molecule has 2 rings (SSSR count). The fourth-order valence-electron chi connectivity index (χ4n) is 2.46. The van der Waals surface area contributed by atoms with Crippen LogP contribution in [0.4, 0.5) is 18.9 Å². The first-order valence-electron chi connectivity index (χ1n) is 8.74. The van der Waals surface area contributed by atoms with Crippen LogP contribution in [0.5, 0.6) is 5.75 Å². The number of benzene rings is 2. The number of ether oxygens (including phenoxy) is 1. The van der Waals surface area contributed by atoms with E-state index >= 15 is 0 Å². The maximum absolute atomic E-state index is 14.6. The molecule has 0 aliphatic rings. The Morgan fingerprint density at radius 3 is 2.34 bits per heavy atom. The van der Waals surface area contributed by atoms with E-state index in [0.717, 1.165) is 25.1 Å². The van der Waals surface area contributed by atoms with Crippen molar-refractivity contribution >= 4 is 11.6 Å². The molecule has 1 unspecified atom stereocenters. The third-order valence-corrected chi connectivity index (χ3v) is 4.09. The normalized spacial score (nSPS) is 12.6. The van der Waals surface area contributed by atoms with E-state index in [0.29, 0.717) is 12.5 Å². The fraction of sp³-hybridized carbons (Fsp3) is 0.238. The fourth-order valence-corrected chi connectivity index (χ4v) is 2.46. The van der Waals surface area contributed by atoms with Gasteiger partial charge in [-0.15, -0.1) is 0 Å². The summed E-state index contributed by atoms with van der Waals surface area (Å²) in [6.45, 7) is 4.75. The van der Waals surface area contributed by atoms with Gasteiger partial charge in [0, 0.05) is 17.7 Å². The number of aliphatic hydroxyl groups is 1. The number of anilines is 1. The molecular formula is C21H19F3N2O3. The summed E-state index contributed by atoms with van der Waals surface area (Å²) in [5, 5.41) is 20.5. The van der Waals surface area contributed by atoms with E-state index in [4.69, 9.17) is 10.00 Å². The highest BCUT2D eigenvalue weighted by Gasteiger charge is 2.19. The first-order valence-corrected chi connectivity index (χ1v) is 8.74. The number of carbonyl (C=O) groups excluding carboxylic acids is 1. The van der Waals surface area contributed by atoms with Crippen molar-refractivity contribution in [3.8, 4) is 22.9 Å². The summed E-state index contributed by atoms with van der Waals surface area (Å²) in [6.07, 6.45) is 0.288. The summed E-state index contributed by atoms with van der Waals surface area (Å²) in [4.78, 5) is 12.1. The molecule has 1 atom stereocenters. The molecule has 0 fully saturated rings. The number of carbonyl (C=O) groups is 1. The number of rotatable bonds is 6. The van der Waals surface area contributed by atoms with Crippen molar-refractivity contribution in [2.24, 2.45) is 0 Å². The third kappa shape index (κ3) is 5.29. The number of nitriles is 1. The number of hydrogen-bond donors (Lipinski definition) is 2. The molecule has 0 saturated heterocycles. The Labute approximate surface area is 166 Å². The predicted octanol–water partition coefficient (Wildman–Crippen LogP) is 5.24. The third-order valence-electron chi connectivity index (χ3n) is 4.09. The highest BCUT2D eigenvalue weighted by atomic mass is 19.1. The van der Waals surface area contributed by atoms with E-state index in [1.54, 1.807) is 6.92 Å². The molecule has 8 heteroatoms. The second-order valence-electron chi connectivity index (χ2n) is 6.35. The monoisotopic (exact) mass is 404 g/mol. The molecule has 5 nitrogen and oxygen atoms in total. The quantitative estimate of drug-likeness (QED) is 0.392. The molecule has 152 valence electrons. The van der Waals surface area contributed by atoms with Crippen LogP contribution in [0.3, 0.4) is 0 Å². The van der Waals surface area contributed by atoms with Crippen LogP contribution in [0.2, 0.25) is 0 Å². The maximum atomic E-state index is 14.6. The van der Waals surface area contributed by atoms with Gasteiger partial charge in [0.1, 0.15) is 35.0 Å². The average molecular weight is 404 g/mol. The number of aliphatic hydroxyl groups excluding tert-OH is 1. The van der Waals surface area contributed by atoms with E-state index < -0.39 is 34.7 Å². The van der Waals surface area contributed by atoms with Gasteiger partial charge in [-0.05, 0) is 44.0 Å². The molecule has 2 aromatic carbocycles. The summed E-state index contributed by atoms with van der Waals surface area (Å²) < 4.78 is 47.7. The molecule has 0 heterocycles. The Morgan fingerprint density at radius 1 is 1.21 bits per heavy atom.